The second kappa shape index (κ2) is 5.99. The van der Waals surface area contributed by atoms with Crippen LogP contribution in [0, 0.1) is 5.92 Å². The van der Waals surface area contributed by atoms with E-state index in [1.165, 1.54) is 25.7 Å². The minimum Gasteiger partial charge on any atom is -0.399 e. The van der Waals surface area contributed by atoms with Crippen molar-refractivity contribution >= 4 is 11.6 Å². The van der Waals surface area contributed by atoms with Crippen molar-refractivity contribution in [2.45, 2.75) is 25.7 Å². The minimum atomic E-state index is -0.107. The summed E-state index contributed by atoms with van der Waals surface area (Å²) in [5, 5.41) is 7.29. The van der Waals surface area contributed by atoms with Crippen molar-refractivity contribution in [3.63, 3.8) is 0 Å². The van der Waals surface area contributed by atoms with Crippen molar-refractivity contribution in [2.75, 3.05) is 12.3 Å². The van der Waals surface area contributed by atoms with Crippen LogP contribution in [0.1, 0.15) is 36.2 Å². The van der Waals surface area contributed by atoms with Gasteiger partial charge in [-0.3, -0.25) is 4.79 Å². The predicted molar refractivity (Wildman–Crippen MR) is 82.3 cm³/mol. The van der Waals surface area contributed by atoms with Crippen LogP contribution in [0.3, 0.4) is 0 Å². The molecule has 5 heteroatoms. The van der Waals surface area contributed by atoms with E-state index in [4.69, 9.17) is 5.73 Å². The number of nitrogens with one attached hydrogen (secondary N) is 1. The molecule has 0 bridgehead atoms. The van der Waals surface area contributed by atoms with Gasteiger partial charge in [0.15, 0.2) is 5.69 Å². The Morgan fingerprint density at radius 2 is 2.14 bits per heavy atom. The van der Waals surface area contributed by atoms with Crippen LogP contribution in [0.2, 0.25) is 0 Å². The van der Waals surface area contributed by atoms with Gasteiger partial charge in [0.25, 0.3) is 5.91 Å². The summed E-state index contributed by atoms with van der Waals surface area (Å²) in [6, 6.07) is 9.15. The summed E-state index contributed by atoms with van der Waals surface area (Å²) in [6.45, 7) is 0.754. The monoisotopic (exact) mass is 284 g/mol. The first kappa shape index (κ1) is 13.7. The number of anilines is 1. The highest BCUT2D eigenvalue weighted by molar-refractivity contribution is 5.92. The molecule has 0 radical (unpaired) electrons. The van der Waals surface area contributed by atoms with Gasteiger partial charge in [0.1, 0.15) is 0 Å². The van der Waals surface area contributed by atoms with Crippen molar-refractivity contribution in [1.82, 2.24) is 15.1 Å². The van der Waals surface area contributed by atoms with Crippen LogP contribution in [-0.4, -0.2) is 22.2 Å². The standard InChI is InChI=1S/C16H20N4O/c17-13-6-3-7-14(10-13)20-9-8-15(19-20)16(21)18-11-12-4-1-2-5-12/h3,6-10,12H,1-2,4-5,11,17H2,(H,18,21). The first-order valence-corrected chi connectivity index (χ1v) is 7.42. The van der Waals surface area contributed by atoms with Gasteiger partial charge in [-0.05, 0) is 43.0 Å². The topological polar surface area (TPSA) is 72.9 Å². The molecule has 0 atom stereocenters. The molecule has 3 rings (SSSR count). The van der Waals surface area contributed by atoms with Gasteiger partial charge in [-0.2, -0.15) is 5.10 Å². The number of carbonyl (C=O) groups excluding carboxylic acids is 1. The van der Waals surface area contributed by atoms with Gasteiger partial charge in [-0.1, -0.05) is 18.9 Å². The molecule has 1 aliphatic carbocycles. The summed E-state index contributed by atoms with van der Waals surface area (Å²) in [5.41, 5.74) is 7.73. The Morgan fingerprint density at radius 3 is 2.90 bits per heavy atom. The summed E-state index contributed by atoms with van der Waals surface area (Å²) >= 11 is 0. The van der Waals surface area contributed by atoms with Crippen LogP contribution in [0.5, 0.6) is 0 Å². The fraction of sp³-hybridized carbons (Fsp3) is 0.375. The maximum atomic E-state index is 12.1. The lowest BCUT2D eigenvalue weighted by Gasteiger charge is -2.09. The Morgan fingerprint density at radius 1 is 1.33 bits per heavy atom. The Kier molecular flexibility index (Phi) is 3.90. The highest BCUT2D eigenvalue weighted by atomic mass is 16.1. The summed E-state index contributed by atoms with van der Waals surface area (Å²) < 4.78 is 1.67. The highest BCUT2D eigenvalue weighted by Gasteiger charge is 2.17. The molecule has 0 spiro atoms. The molecule has 0 unspecified atom stereocenters. The number of nitrogens with zero attached hydrogens (tertiary/aromatic N) is 2. The summed E-state index contributed by atoms with van der Waals surface area (Å²) in [6.07, 6.45) is 6.78. The smallest absolute Gasteiger partial charge is 0.271 e. The molecule has 5 nitrogen and oxygen atoms in total. The fourth-order valence-corrected chi connectivity index (χ4v) is 2.80. The summed E-state index contributed by atoms with van der Waals surface area (Å²) in [4.78, 5) is 12.1. The minimum absolute atomic E-state index is 0.107. The number of hydrogen-bond acceptors (Lipinski definition) is 3. The van der Waals surface area contributed by atoms with E-state index in [1.54, 1.807) is 16.9 Å². The molecule has 0 saturated heterocycles. The van der Waals surface area contributed by atoms with Crippen molar-refractivity contribution < 1.29 is 4.79 Å². The van der Waals surface area contributed by atoms with Crippen molar-refractivity contribution in [2.24, 2.45) is 5.92 Å². The SMILES string of the molecule is Nc1cccc(-n2ccc(C(=O)NCC3CCCC3)n2)c1. The van der Waals surface area contributed by atoms with Crippen LogP contribution in [0.25, 0.3) is 5.69 Å². The number of aromatic nitrogens is 2. The van der Waals surface area contributed by atoms with Crippen LogP contribution in [0.15, 0.2) is 36.5 Å². The molecule has 2 aromatic rings. The number of nitrogen functional groups attached to an aromatic ring is 1. The number of benzene rings is 1. The third-order valence-corrected chi connectivity index (χ3v) is 3.98. The molecule has 1 saturated carbocycles. The zero-order chi connectivity index (χ0) is 14.7. The maximum Gasteiger partial charge on any atom is 0.271 e. The van der Waals surface area contributed by atoms with Gasteiger partial charge in [0.2, 0.25) is 0 Å². The van der Waals surface area contributed by atoms with Gasteiger partial charge in [-0.25, -0.2) is 4.68 Å². The lowest BCUT2D eigenvalue weighted by molar-refractivity contribution is 0.0942. The molecule has 110 valence electrons. The molecule has 1 amide bonds. The Hall–Kier alpha value is -2.30. The van der Waals surface area contributed by atoms with Crippen molar-refractivity contribution in [1.29, 1.82) is 0 Å². The summed E-state index contributed by atoms with van der Waals surface area (Å²) in [7, 11) is 0. The normalized spacial score (nSPS) is 15.2. The zero-order valence-corrected chi connectivity index (χ0v) is 12.0. The molecule has 1 aromatic carbocycles. The Bertz CT molecular complexity index is 629. The highest BCUT2D eigenvalue weighted by Crippen LogP contribution is 2.23. The first-order valence-electron chi connectivity index (χ1n) is 7.42. The van der Waals surface area contributed by atoms with E-state index in [2.05, 4.69) is 10.4 Å². The van der Waals surface area contributed by atoms with Crippen LogP contribution in [-0.2, 0) is 0 Å². The van der Waals surface area contributed by atoms with Gasteiger partial charge in [-0.15, -0.1) is 0 Å². The third-order valence-electron chi connectivity index (χ3n) is 3.98. The number of rotatable bonds is 4. The van der Waals surface area contributed by atoms with E-state index >= 15 is 0 Å². The average molecular weight is 284 g/mol. The van der Waals surface area contributed by atoms with E-state index < -0.39 is 0 Å². The molecule has 1 aliphatic rings. The second-order valence-corrected chi connectivity index (χ2v) is 5.60. The number of amides is 1. The molecule has 0 aliphatic heterocycles. The lowest BCUT2D eigenvalue weighted by Crippen LogP contribution is -2.28. The molecular formula is C16H20N4O. The third kappa shape index (κ3) is 3.24. The number of nitrogens with two attached hydrogens (primary N) is 1. The van der Waals surface area contributed by atoms with Crippen molar-refractivity contribution in [3.05, 3.63) is 42.2 Å². The van der Waals surface area contributed by atoms with E-state index in [1.807, 2.05) is 24.3 Å². The predicted octanol–water partition coefficient (Wildman–Crippen LogP) is 2.37. The largest absolute Gasteiger partial charge is 0.399 e. The van der Waals surface area contributed by atoms with Gasteiger partial charge >= 0.3 is 0 Å². The molecule has 21 heavy (non-hydrogen) atoms. The summed E-state index contributed by atoms with van der Waals surface area (Å²) in [5.74, 6) is 0.523. The second-order valence-electron chi connectivity index (χ2n) is 5.60. The Balaban J connectivity index is 1.65. The fourth-order valence-electron chi connectivity index (χ4n) is 2.80. The van der Waals surface area contributed by atoms with Gasteiger partial charge < -0.3 is 11.1 Å². The van der Waals surface area contributed by atoms with Crippen molar-refractivity contribution in [3.8, 4) is 5.69 Å². The number of hydrogen-bond donors (Lipinski definition) is 2. The maximum absolute atomic E-state index is 12.1. The molecule has 1 heterocycles. The molecular weight excluding hydrogens is 264 g/mol. The van der Waals surface area contributed by atoms with Crippen LogP contribution < -0.4 is 11.1 Å². The Labute approximate surface area is 124 Å². The molecule has 1 aromatic heterocycles. The van der Waals surface area contributed by atoms with Gasteiger partial charge in [0.05, 0.1) is 5.69 Å². The zero-order valence-electron chi connectivity index (χ0n) is 12.0. The van der Waals surface area contributed by atoms with E-state index in [9.17, 15) is 4.79 Å². The van der Waals surface area contributed by atoms with E-state index in [0.29, 0.717) is 17.3 Å². The average Bonchev–Trinajstić information content (AvgIpc) is 3.16. The van der Waals surface area contributed by atoms with Crippen LogP contribution >= 0.6 is 0 Å². The lowest BCUT2D eigenvalue weighted by atomic mass is 10.1. The first-order chi connectivity index (χ1) is 10.2. The number of carbonyl (C=O) groups is 1. The van der Waals surface area contributed by atoms with Crippen LogP contribution in [0.4, 0.5) is 5.69 Å². The van der Waals surface area contributed by atoms with E-state index in [-0.39, 0.29) is 5.91 Å². The van der Waals surface area contributed by atoms with E-state index in [0.717, 1.165) is 12.2 Å². The van der Waals surface area contributed by atoms with Gasteiger partial charge in [0, 0.05) is 18.4 Å². The molecule has 3 N–H and O–H groups in total. The molecule has 1 fully saturated rings. The quantitative estimate of drug-likeness (QED) is 0.847.